The number of alkyl halides is 1. The summed E-state index contributed by atoms with van der Waals surface area (Å²) in [6.45, 7) is 2.16. The molecule has 1 saturated carbocycles. The minimum Gasteiger partial charge on any atom is -0.393 e. The molecule has 0 aromatic heterocycles. The number of hydrogen-bond donors (Lipinski definition) is 1. The van der Waals surface area contributed by atoms with Gasteiger partial charge >= 0.3 is 0 Å². The lowest BCUT2D eigenvalue weighted by molar-refractivity contribution is 0.0625. The van der Waals surface area contributed by atoms with Gasteiger partial charge in [-0.3, -0.25) is 0 Å². The lowest BCUT2D eigenvalue weighted by Crippen LogP contribution is -2.27. The lowest BCUT2D eigenvalue weighted by Gasteiger charge is -2.29. The van der Waals surface area contributed by atoms with Crippen LogP contribution in [-0.2, 0) is 0 Å². The van der Waals surface area contributed by atoms with E-state index >= 15 is 0 Å². The Balaban J connectivity index is 2.33. The predicted octanol–water partition coefficient (Wildman–Crippen LogP) is 2.22. The van der Waals surface area contributed by atoms with Gasteiger partial charge in [-0.05, 0) is 31.1 Å². The molecule has 1 rings (SSSR count). The smallest absolute Gasteiger partial charge is 0.0566 e. The van der Waals surface area contributed by atoms with Gasteiger partial charge in [0.25, 0.3) is 0 Å². The maximum atomic E-state index is 9.39. The summed E-state index contributed by atoms with van der Waals surface area (Å²) in [7, 11) is 0. The molecule has 0 spiro atoms. The number of halogens is 1. The van der Waals surface area contributed by atoms with Crippen molar-refractivity contribution in [2.24, 2.45) is 11.8 Å². The van der Waals surface area contributed by atoms with Crippen LogP contribution in [0.2, 0.25) is 0 Å². The van der Waals surface area contributed by atoms with Crippen LogP contribution in [0, 0.1) is 11.8 Å². The molecule has 0 saturated heterocycles. The van der Waals surface area contributed by atoms with Gasteiger partial charge in [0, 0.05) is 4.43 Å². The molecule has 2 heteroatoms. The quantitative estimate of drug-likeness (QED) is 0.562. The van der Waals surface area contributed by atoms with Crippen molar-refractivity contribution in [2.75, 3.05) is 4.43 Å². The van der Waals surface area contributed by atoms with Crippen LogP contribution < -0.4 is 0 Å². The predicted molar refractivity (Wildman–Crippen MR) is 51.4 cm³/mol. The zero-order valence-corrected chi connectivity index (χ0v) is 8.54. The first-order valence-corrected chi connectivity index (χ1v) is 5.50. The van der Waals surface area contributed by atoms with Crippen molar-refractivity contribution in [1.29, 1.82) is 0 Å². The van der Waals surface area contributed by atoms with Crippen LogP contribution in [0.4, 0.5) is 0 Å². The molecule has 1 fully saturated rings. The SMILES string of the molecule is CC1CC(CI)CCC1O. The summed E-state index contributed by atoms with van der Waals surface area (Å²) >= 11 is 2.44. The zero-order valence-electron chi connectivity index (χ0n) is 6.39. The minimum atomic E-state index is -0.0146. The molecule has 3 atom stereocenters. The van der Waals surface area contributed by atoms with Crippen molar-refractivity contribution in [3.05, 3.63) is 0 Å². The first kappa shape index (κ1) is 8.78. The molecule has 10 heavy (non-hydrogen) atoms. The number of hydrogen-bond acceptors (Lipinski definition) is 1. The van der Waals surface area contributed by atoms with E-state index in [9.17, 15) is 5.11 Å². The fourth-order valence-electron chi connectivity index (χ4n) is 1.63. The summed E-state index contributed by atoms with van der Waals surface area (Å²) in [4.78, 5) is 0. The summed E-state index contributed by atoms with van der Waals surface area (Å²) in [5.41, 5.74) is 0. The van der Waals surface area contributed by atoms with Gasteiger partial charge in [0.1, 0.15) is 0 Å². The molecule has 0 aromatic carbocycles. The summed E-state index contributed by atoms with van der Waals surface area (Å²) in [5.74, 6) is 1.41. The van der Waals surface area contributed by atoms with Crippen LogP contribution in [0.15, 0.2) is 0 Å². The maximum absolute atomic E-state index is 9.39. The minimum absolute atomic E-state index is 0.0146. The summed E-state index contributed by atoms with van der Waals surface area (Å²) in [5, 5.41) is 9.39. The van der Waals surface area contributed by atoms with Gasteiger partial charge in [0.05, 0.1) is 6.10 Å². The maximum Gasteiger partial charge on any atom is 0.0566 e. The van der Waals surface area contributed by atoms with Gasteiger partial charge in [-0.15, -0.1) is 0 Å². The van der Waals surface area contributed by atoms with E-state index in [1.54, 1.807) is 0 Å². The highest BCUT2D eigenvalue weighted by molar-refractivity contribution is 14.1. The normalized spacial score (nSPS) is 41.7. The van der Waals surface area contributed by atoms with Gasteiger partial charge in [0.15, 0.2) is 0 Å². The Bertz CT molecular complexity index is 105. The Labute approximate surface area is 76.3 Å². The van der Waals surface area contributed by atoms with E-state index in [1.165, 1.54) is 17.3 Å². The summed E-state index contributed by atoms with van der Waals surface area (Å²) in [6, 6.07) is 0. The Hall–Kier alpha value is 0.690. The Morgan fingerprint density at radius 2 is 2.20 bits per heavy atom. The Morgan fingerprint density at radius 3 is 2.70 bits per heavy atom. The zero-order chi connectivity index (χ0) is 7.56. The van der Waals surface area contributed by atoms with Crippen LogP contribution in [0.5, 0.6) is 0 Å². The molecule has 1 aliphatic rings. The van der Waals surface area contributed by atoms with Crippen LogP contribution >= 0.6 is 22.6 Å². The molecular formula is C8H15IO. The second kappa shape index (κ2) is 3.90. The van der Waals surface area contributed by atoms with Gasteiger partial charge in [0.2, 0.25) is 0 Å². The average Bonchev–Trinajstić information content (AvgIpc) is 1.95. The van der Waals surface area contributed by atoms with Crippen molar-refractivity contribution < 1.29 is 5.11 Å². The Kier molecular flexibility index (Phi) is 3.43. The van der Waals surface area contributed by atoms with Crippen LogP contribution in [-0.4, -0.2) is 15.6 Å². The van der Waals surface area contributed by atoms with E-state index < -0.39 is 0 Å². The molecule has 1 N–H and O–H groups in total. The molecule has 0 amide bonds. The van der Waals surface area contributed by atoms with Gasteiger partial charge in [-0.1, -0.05) is 29.5 Å². The third kappa shape index (κ3) is 2.09. The molecular weight excluding hydrogens is 239 g/mol. The molecule has 3 unspecified atom stereocenters. The van der Waals surface area contributed by atoms with Crippen molar-refractivity contribution in [3.63, 3.8) is 0 Å². The highest BCUT2D eigenvalue weighted by Gasteiger charge is 2.24. The molecule has 1 nitrogen and oxygen atoms in total. The number of aliphatic hydroxyl groups is 1. The van der Waals surface area contributed by atoms with E-state index in [1.807, 2.05) is 0 Å². The molecule has 60 valence electrons. The molecule has 0 bridgehead atoms. The average molecular weight is 254 g/mol. The monoisotopic (exact) mass is 254 g/mol. The van der Waals surface area contributed by atoms with E-state index in [0.717, 1.165) is 12.3 Å². The second-order valence-corrected chi connectivity index (χ2v) is 4.26. The topological polar surface area (TPSA) is 20.2 Å². The standard InChI is InChI=1S/C8H15IO/c1-6-4-7(5-9)2-3-8(6)10/h6-8,10H,2-5H2,1H3. The van der Waals surface area contributed by atoms with Crippen LogP contribution in [0.25, 0.3) is 0 Å². The highest BCUT2D eigenvalue weighted by Crippen LogP contribution is 2.29. The molecule has 1 aliphatic carbocycles. The molecule has 0 aromatic rings. The van der Waals surface area contributed by atoms with E-state index in [0.29, 0.717) is 5.92 Å². The molecule has 0 radical (unpaired) electrons. The van der Waals surface area contributed by atoms with Crippen LogP contribution in [0.1, 0.15) is 26.2 Å². The third-order valence-electron chi connectivity index (χ3n) is 2.45. The van der Waals surface area contributed by atoms with E-state index in [2.05, 4.69) is 29.5 Å². The fourth-order valence-corrected chi connectivity index (χ4v) is 2.43. The van der Waals surface area contributed by atoms with Crippen molar-refractivity contribution in [1.82, 2.24) is 0 Å². The number of aliphatic hydroxyl groups excluding tert-OH is 1. The van der Waals surface area contributed by atoms with E-state index in [-0.39, 0.29) is 6.10 Å². The van der Waals surface area contributed by atoms with Crippen molar-refractivity contribution in [2.45, 2.75) is 32.3 Å². The van der Waals surface area contributed by atoms with Gasteiger partial charge in [-0.2, -0.15) is 0 Å². The second-order valence-electron chi connectivity index (χ2n) is 3.38. The largest absolute Gasteiger partial charge is 0.393 e. The van der Waals surface area contributed by atoms with Crippen molar-refractivity contribution in [3.8, 4) is 0 Å². The molecule has 0 heterocycles. The Morgan fingerprint density at radius 1 is 1.50 bits per heavy atom. The lowest BCUT2D eigenvalue weighted by atomic mass is 9.81. The van der Waals surface area contributed by atoms with Crippen molar-refractivity contribution >= 4 is 22.6 Å². The summed E-state index contributed by atoms with van der Waals surface area (Å²) < 4.78 is 1.26. The van der Waals surface area contributed by atoms with Gasteiger partial charge in [-0.25, -0.2) is 0 Å². The highest BCUT2D eigenvalue weighted by atomic mass is 127. The first-order chi connectivity index (χ1) is 4.74. The first-order valence-electron chi connectivity index (χ1n) is 3.98. The third-order valence-corrected chi connectivity index (χ3v) is 3.70. The van der Waals surface area contributed by atoms with Crippen LogP contribution in [0.3, 0.4) is 0 Å². The fraction of sp³-hybridized carbons (Fsp3) is 1.00. The van der Waals surface area contributed by atoms with Gasteiger partial charge < -0.3 is 5.11 Å². The number of rotatable bonds is 1. The van der Waals surface area contributed by atoms with E-state index in [4.69, 9.17) is 0 Å². The molecule has 0 aliphatic heterocycles. The summed E-state index contributed by atoms with van der Waals surface area (Å²) in [6.07, 6.45) is 3.46.